The lowest BCUT2D eigenvalue weighted by Gasteiger charge is -2.38. The van der Waals surface area contributed by atoms with E-state index < -0.39 is 0 Å². The topological polar surface area (TPSA) is 6.48 Å². The van der Waals surface area contributed by atoms with E-state index in [2.05, 4.69) is 53.2 Å². The molecule has 0 amide bonds. The van der Waals surface area contributed by atoms with Crippen LogP contribution in [0.25, 0.3) is 0 Å². The Bertz CT molecular complexity index is 710. The molecule has 23 heavy (non-hydrogen) atoms. The van der Waals surface area contributed by atoms with Crippen LogP contribution in [-0.2, 0) is 6.42 Å². The van der Waals surface area contributed by atoms with Gasteiger partial charge in [0.05, 0.1) is 0 Å². The second-order valence-electron chi connectivity index (χ2n) is 6.42. The summed E-state index contributed by atoms with van der Waals surface area (Å²) < 4.78 is 0. The molecule has 0 aliphatic carbocycles. The van der Waals surface area contributed by atoms with Crippen molar-refractivity contribution < 1.29 is 0 Å². The molecule has 0 bridgehead atoms. The minimum atomic E-state index is 0.378. The highest BCUT2D eigenvalue weighted by Crippen LogP contribution is 2.45. The van der Waals surface area contributed by atoms with Crippen LogP contribution in [0, 0.1) is 0 Å². The molecule has 1 fully saturated rings. The predicted octanol–water partition coefficient (Wildman–Crippen LogP) is 4.34. The van der Waals surface area contributed by atoms with Crippen molar-refractivity contribution in [3.63, 3.8) is 0 Å². The molecule has 1 saturated heterocycles. The van der Waals surface area contributed by atoms with Crippen LogP contribution in [-0.4, -0.2) is 43.0 Å². The van der Waals surface area contributed by atoms with Crippen molar-refractivity contribution in [3.8, 4) is 0 Å². The molecule has 4 rings (SSSR count). The van der Waals surface area contributed by atoms with Crippen molar-refractivity contribution in [2.75, 3.05) is 33.2 Å². The molecule has 4 heteroatoms. The molecule has 1 unspecified atom stereocenters. The van der Waals surface area contributed by atoms with Gasteiger partial charge in [0.1, 0.15) is 0 Å². The number of benzene rings is 2. The summed E-state index contributed by atoms with van der Waals surface area (Å²) in [6, 6.07) is 15.5. The average Bonchev–Trinajstić information content (AvgIpc) is 2.73. The summed E-state index contributed by atoms with van der Waals surface area (Å²) in [5, 5.41) is 0.909. The van der Waals surface area contributed by atoms with Crippen molar-refractivity contribution in [2.45, 2.75) is 22.3 Å². The summed E-state index contributed by atoms with van der Waals surface area (Å²) in [6.07, 6.45) is 1.05. The summed E-state index contributed by atoms with van der Waals surface area (Å²) in [5.74, 6) is 0. The van der Waals surface area contributed by atoms with Gasteiger partial charge in [0.2, 0.25) is 0 Å². The lowest BCUT2D eigenvalue weighted by atomic mass is 9.96. The normalized spacial score (nSPS) is 22.3. The number of hydrogen-bond acceptors (Lipinski definition) is 3. The Balaban J connectivity index is 1.78. The maximum absolute atomic E-state index is 6.65. The Labute approximate surface area is 147 Å². The zero-order valence-electron chi connectivity index (χ0n) is 13.3. The van der Waals surface area contributed by atoms with Gasteiger partial charge in [0.15, 0.2) is 0 Å². The second-order valence-corrected chi connectivity index (χ2v) is 7.91. The smallest absolute Gasteiger partial charge is 0.0465 e. The monoisotopic (exact) mass is 344 g/mol. The zero-order chi connectivity index (χ0) is 15.8. The number of fused-ring (bicyclic) bond motifs is 2. The molecule has 2 aromatic rings. The molecule has 2 nitrogen and oxygen atoms in total. The molecule has 0 spiro atoms. The third-order valence-electron chi connectivity index (χ3n) is 4.93. The lowest BCUT2D eigenvalue weighted by molar-refractivity contribution is 0.110. The highest BCUT2D eigenvalue weighted by Gasteiger charge is 2.30. The maximum Gasteiger partial charge on any atom is 0.0465 e. The maximum atomic E-state index is 6.65. The van der Waals surface area contributed by atoms with Crippen LogP contribution in [0.5, 0.6) is 0 Å². The minimum absolute atomic E-state index is 0.378. The third-order valence-corrected chi connectivity index (χ3v) is 6.45. The van der Waals surface area contributed by atoms with Gasteiger partial charge in [-0.3, -0.25) is 4.90 Å². The van der Waals surface area contributed by atoms with Crippen LogP contribution in [0.2, 0.25) is 5.02 Å². The van der Waals surface area contributed by atoms with Gasteiger partial charge in [0.25, 0.3) is 0 Å². The van der Waals surface area contributed by atoms with E-state index in [1.165, 1.54) is 20.9 Å². The first kappa shape index (κ1) is 15.5. The van der Waals surface area contributed by atoms with Gasteiger partial charge >= 0.3 is 0 Å². The van der Waals surface area contributed by atoms with Crippen LogP contribution in [0.1, 0.15) is 17.2 Å². The van der Waals surface area contributed by atoms with Gasteiger partial charge in [-0.1, -0.05) is 47.6 Å². The first-order valence-electron chi connectivity index (χ1n) is 8.19. The SMILES string of the molecule is CN1CCN(C2Cc3ccccc3Sc3cccc(Cl)c32)CC1. The standard InChI is InChI=1S/C19H21ClN2S/c1-21-9-11-22(12-10-21)16-13-14-5-2-3-7-17(14)23-18-8-4-6-15(20)19(16)18/h2-8,16H,9-13H2,1H3. The fourth-order valence-corrected chi connectivity index (χ4v) is 5.10. The van der Waals surface area contributed by atoms with E-state index >= 15 is 0 Å². The summed E-state index contributed by atoms with van der Waals surface area (Å²) in [7, 11) is 2.20. The average molecular weight is 345 g/mol. The van der Waals surface area contributed by atoms with Crippen LogP contribution in [0.4, 0.5) is 0 Å². The molecule has 0 N–H and O–H groups in total. The van der Waals surface area contributed by atoms with Gasteiger partial charge in [-0.15, -0.1) is 0 Å². The Morgan fingerprint density at radius 2 is 1.70 bits per heavy atom. The Hall–Kier alpha value is -1.00. The number of hydrogen-bond donors (Lipinski definition) is 0. The molecule has 1 atom stereocenters. The molecular weight excluding hydrogens is 324 g/mol. The highest BCUT2D eigenvalue weighted by atomic mass is 35.5. The molecule has 2 heterocycles. The van der Waals surface area contributed by atoms with Crippen LogP contribution < -0.4 is 0 Å². The predicted molar refractivity (Wildman–Crippen MR) is 97.5 cm³/mol. The van der Waals surface area contributed by atoms with Crippen LogP contribution in [0.3, 0.4) is 0 Å². The molecular formula is C19H21ClN2S. The first-order valence-corrected chi connectivity index (χ1v) is 9.38. The van der Waals surface area contributed by atoms with E-state index in [1.54, 1.807) is 0 Å². The Morgan fingerprint density at radius 3 is 2.52 bits per heavy atom. The largest absolute Gasteiger partial charge is 0.304 e. The minimum Gasteiger partial charge on any atom is -0.304 e. The third kappa shape index (κ3) is 3.03. The van der Waals surface area contributed by atoms with E-state index in [0.29, 0.717) is 6.04 Å². The number of piperazine rings is 1. The van der Waals surface area contributed by atoms with E-state index in [9.17, 15) is 0 Å². The van der Waals surface area contributed by atoms with Crippen LogP contribution >= 0.6 is 23.4 Å². The Morgan fingerprint density at radius 1 is 0.957 bits per heavy atom. The van der Waals surface area contributed by atoms with E-state index in [0.717, 1.165) is 37.6 Å². The van der Waals surface area contributed by atoms with Gasteiger partial charge in [-0.05, 0) is 37.2 Å². The fraction of sp³-hybridized carbons (Fsp3) is 0.368. The molecule has 0 aromatic heterocycles. The van der Waals surface area contributed by atoms with Crippen molar-refractivity contribution in [3.05, 3.63) is 58.6 Å². The second kappa shape index (κ2) is 6.48. The molecule has 0 saturated carbocycles. The van der Waals surface area contributed by atoms with Crippen LogP contribution in [0.15, 0.2) is 52.3 Å². The van der Waals surface area contributed by atoms with Crippen molar-refractivity contribution in [2.24, 2.45) is 0 Å². The highest BCUT2D eigenvalue weighted by molar-refractivity contribution is 7.99. The van der Waals surface area contributed by atoms with Crippen molar-refractivity contribution >= 4 is 23.4 Å². The molecule has 0 radical (unpaired) electrons. The summed E-state index contributed by atoms with van der Waals surface area (Å²) >= 11 is 8.51. The van der Waals surface area contributed by atoms with Crippen molar-refractivity contribution in [1.29, 1.82) is 0 Å². The van der Waals surface area contributed by atoms with Crippen molar-refractivity contribution in [1.82, 2.24) is 9.80 Å². The number of likely N-dealkylation sites (N-methyl/N-ethyl adjacent to an activating group) is 1. The summed E-state index contributed by atoms with van der Waals surface area (Å²) in [4.78, 5) is 7.70. The summed E-state index contributed by atoms with van der Waals surface area (Å²) in [5.41, 5.74) is 2.76. The lowest BCUT2D eigenvalue weighted by Crippen LogP contribution is -2.46. The molecule has 2 aromatic carbocycles. The number of halogens is 1. The summed E-state index contributed by atoms with van der Waals surface area (Å²) in [6.45, 7) is 4.48. The molecule has 120 valence electrons. The molecule has 2 aliphatic heterocycles. The number of rotatable bonds is 1. The van der Waals surface area contributed by atoms with Gasteiger partial charge in [-0.25, -0.2) is 0 Å². The van der Waals surface area contributed by atoms with Gasteiger partial charge < -0.3 is 4.90 Å². The quantitative estimate of drug-likeness (QED) is 0.760. The molecule has 2 aliphatic rings. The van der Waals surface area contributed by atoms with Gasteiger partial charge in [-0.2, -0.15) is 0 Å². The van der Waals surface area contributed by atoms with E-state index in [1.807, 2.05) is 17.8 Å². The zero-order valence-corrected chi connectivity index (χ0v) is 14.9. The van der Waals surface area contributed by atoms with E-state index in [4.69, 9.17) is 11.6 Å². The van der Waals surface area contributed by atoms with E-state index in [-0.39, 0.29) is 0 Å². The Kier molecular flexibility index (Phi) is 4.37. The first-order chi connectivity index (χ1) is 11.2. The fourth-order valence-electron chi connectivity index (χ4n) is 3.58. The number of nitrogens with zero attached hydrogens (tertiary/aromatic N) is 2. The van der Waals surface area contributed by atoms with Gasteiger partial charge in [0, 0.05) is 52.6 Å².